The first-order valence-electron chi connectivity index (χ1n) is 6.50. The van der Waals surface area contributed by atoms with Crippen molar-refractivity contribution in [1.29, 1.82) is 0 Å². The van der Waals surface area contributed by atoms with Gasteiger partial charge in [-0.15, -0.1) is 0 Å². The van der Waals surface area contributed by atoms with Crippen molar-refractivity contribution >= 4 is 10.0 Å². The summed E-state index contributed by atoms with van der Waals surface area (Å²) in [7, 11) is -0.269. The van der Waals surface area contributed by atoms with Gasteiger partial charge < -0.3 is 9.84 Å². The summed E-state index contributed by atoms with van der Waals surface area (Å²) in [5, 5.41) is 6.99. The summed E-state index contributed by atoms with van der Waals surface area (Å²) in [6.45, 7) is 2.01. The SMILES string of the molecule is CNC(C)Cc1noc(-c2cccc(S(=O)(=O)NC)c2)n1. The van der Waals surface area contributed by atoms with Crippen LogP contribution in [-0.4, -0.2) is 38.7 Å². The first-order chi connectivity index (χ1) is 9.96. The molecule has 1 aromatic heterocycles. The largest absolute Gasteiger partial charge is 0.334 e. The molecule has 0 aliphatic carbocycles. The molecule has 0 amide bonds. The highest BCUT2D eigenvalue weighted by molar-refractivity contribution is 7.89. The maximum Gasteiger partial charge on any atom is 0.257 e. The molecule has 114 valence electrons. The molecule has 7 nitrogen and oxygen atoms in total. The van der Waals surface area contributed by atoms with Gasteiger partial charge in [0, 0.05) is 18.0 Å². The summed E-state index contributed by atoms with van der Waals surface area (Å²) >= 11 is 0. The molecule has 1 heterocycles. The van der Waals surface area contributed by atoms with Crippen molar-refractivity contribution in [1.82, 2.24) is 20.2 Å². The van der Waals surface area contributed by atoms with Crippen molar-refractivity contribution in [3.8, 4) is 11.5 Å². The molecule has 2 aromatic rings. The average molecular weight is 310 g/mol. The van der Waals surface area contributed by atoms with Gasteiger partial charge in [-0.1, -0.05) is 11.2 Å². The summed E-state index contributed by atoms with van der Waals surface area (Å²) in [6, 6.07) is 6.61. The van der Waals surface area contributed by atoms with Crippen LogP contribution in [0.5, 0.6) is 0 Å². The summed E-state index contributed by atoms with van der Waals surface area (Å²) in [4.78, 5) is 4.44. The number of nitrogens with zero attached hydrogens (tertiary/aromatic N) is 2. The van der Waals surface area contributed by atoms with Crippen LogP contribution in [0.4, 0.5) is 0 Å². The normalized spacial score (nSPS) is 13.3. The van der Waals surface area contributed by atoms with Gasteiger partial charge in [-0.25, -0.2) is 13.1 Å². The molecule has 0 spiro atoms. The van der Waals surface area contributed by atoms with E-state index in [0.29, 0.717) is 23.7 Å². The number of nitrogens with one attached hydrogen (secondary N) is 2. The van der Waals surface area contributed by atoms with E-state index in [1.54, 1.807) is 12.1 Å². The number of sulfonamides is 1. The number of rotatable bonds is 6. The van der Waals surface area contributed by atoms with Crippen LogP contribution in [0.15, 0.2) is 33.7 Å². The van der Waals surface area contributed by atoms with Gasteiger partial charge in [-0.2, -0.15) is 4.98 Å². The van der Waals surface area contributed by atoms with Crippen LogP contribution < -0.4 is 10.0 Å². The maximum atomic E-state index is 11.8. The summed E-state index contributed by atoms with van der Waals surface area (Å²) in [5.74, 6) is 0.884. The number of benzene rings is 1. The van der Waals surface area contributed by atoms with Crippen molar-refractivity contribution in [3.05, 3.63) is 30.1 Å². The Kier molecular flexibility index (Phi) is 4.71. The van der Waals surface area contributed by atoms with E-state index in [0.717, 1.165) is 0 Å². The standard InChI is InChI=1S/C13H18N4O3S/c1-9(14-2)7-12-16-13(20-17-12)10-5-4-6-11(8-10)21(18,19)15-3/h4-6,8-9,14-15H,7H2,1-3H3. The molecule has 1 aromatic carbocycles. The highest BCUT2D eigenvalue weighted by Gasteiger charge is 2.15. The van der Waals surface area contributed by atoms with Crippen molar-refractivity contribution in [2.45, 2.75) is 24.3 Å². The van der Waals surface area contributed by atoms with Crippen molar-refractivity contribution < 1.29 is 12.9 Å². The molecular weight excluding hydrogens is 292 g/mol. The van der Waals surface area contributed by atoms with Crippen LogP contribution in [0.2, 0.25) is 0 Å². The topological polar surface area (TPSA) is 97.1 Å². The molecule has 1 atom stereocenters. The first kappa shape index (κ1) is 15.6. The number of hydrogen-bond donors (Lipinski definition) is 2. The fourth-order valence-electron chi connectivity index (χ4n) is 1.74. The van der Waals surface area contributed by atoms with Crippen molar-refractivity contribution in [2.24, 2.45) is 0 Å². The van der Waals surface area contributed by atoms with E-state index in [1.165, 1.54) is 19.2 Å². The Morgan fingerprint density at radius 1 is 1.33 bits per heavy atom. The molecule has 0 saturated carbocycles. The van der Waals surface area contributed by atoms with Gasteiger partial charge >= 0.3 is 0 Å². The van der Waals surface area contributed by atoms with E-state index in [-0.39, 0.29) is 10.9 Å². The molecule has 0 aliphatic rings. The third-order valence-electron chi connectivity index (χ3n) is 3.11. The smallest absolute Gasteiger partial charge is 0.257 e. The Morgan fingerprint density at radius 3 is 2.76 bits per heavy atom. The predicted octanol–water partition coefficient (Wildman–Crippen LogP) is 0.795. The van der Waals surface area contributed by atoms with Gasteiger partial charge in [0.2, 0.25) is 10.0 Å². The Bertz CT molecular complexity index is 712. The maximum absolute atomic E-state index is 11.8. The molecule has 8 heteroatoms. The lowest BCUT2D eigenvalue weighted by molar-refractivity contribution is 0.418. The minimum Gasteiger partial charge on any atom is -0.334 e. The molecule has 0 saturated heterocycles. The molecule has 0 aliphatic heterocycles. The van der Waals surface area contributed by atoms with Gasteiger partial charge in [0.15, 0.2) is 5.82 Å². The van der Waals surface area contributed by atoms with Gasteiger partial charge in [0.05, 0.1) is 4.90 Å². The van der Waals surface area contributed by atoms with Crippen LogP contribution in [0.25, 0.3) is 11.5 Å². The summed E-state index contributed by atoms with van der Waals surface area (Å²) in [5.41, 5.74) is 0.571. The van der Waals surface area contributed by atoms with E-state index in [1.807, 2.05) is 14.0 Å². The second kappa shape index (κ2) is 6.33. The molecule has 0 bridgehead atoms. The fraction of sp³-hybridized carbons (Fsp3) is 0.385. The lowest BCUT2D eigenvalue weighted by atomic mass is 10.2. The molecule has 21 heavy (non-hydrogen) atoms. The van der Waals surface area contributed by atoms with Gasteiger partial charge in [0.25, 0.3) is 5.89 Å². The Balaban J connectivity index is 2.29. The van der Waals surface area contributed by atoms with Crippen LogP contribution in [0, 0.1) is 0 Å². The van der Waals surface area contributed by atoms with Crippen LogP contribution in [0.1, 0.15) is 12.7 Å². The first-order valence-corrected chi connectivity index (χ1v) is 7.98. The number of aromatic nitrogens is 2. The van der Waals surface area contributed by atoms with E-state index in [4.69, 9.17) is 4.52 Å². The lowest BCUT2D eigenvalue weighted by Gasteiger charge is -2.04. The molecule has 0 fully saturated rings. The molecule has 1 unspecified atom stereocenters. The highest BCUT2D eigenvalue weighted by Crippen LogP contribution is 2.21. The van der Waals surface area contributed by atoms with E-state index < -0.39 is 10.0 Å². The second-order valence-corrected chi connectivity index (χ2v) is 6.53. The Hall–Kier alpha value is -1.77. The van der Waals surface area contributed by atoms with Gasteiger partial charge in [0.1, 0.15) is 0 Å². The van der Waals surface area contributed by atoms with E-state index in [2.05, 4.69) is 20.2 Å². The van der Waals surface area contributed by atoms with Crippen LogP contribution >= 0.6 is 0 Å². The van der Waals surface area contributed by atoms with Crippen molar-refractivity contribution in [2.75, 3.05) is 14.1 Å². The van der Waals surface area contributed by atoms with Gasteiger partial charge in [-0.3, -0.25) is 0 Å². The van der Waals surface area contributed by atoms with Crippen LogP contribution in [0.3, 0.4) is 0 Å². The Labute approximate surface area is 123 Å². The summed E-state index contributed by atoms with van der Waals surface area (Å²) < 4.78 is 31.0. The average Bonchev–Trinajstić information content (AvgIpc) is 2.95. The zero-order chi connectivity index (χ0) is 15.5. The lowest BCUT2D eigenvalue weighted by Crippen LogP contribution is -2.24. The molecule has 2 rings (SSSR count). The third kappa shape index (κ3) is 3.66. The quantitative estimate of drug-likeness (QED) is 0.819. The zero-order valence-corrected chi connectivity index (χ0v) is 12.9. The molecule has 0 radical (unpaired) electrons. The van der Waals surface area contributed by atoms with E-state index >= 15 is 0 Å². The second-order valence-electron chi connectivity index (χ2n) is 4.64. The highest BCUT2D eigenvalue weighted by atomic mass is 32.2. The van der Waals surface area contributed by atoms with Crippen LogP contribution in [-0.2, 0) is 16.4 Å². The zero-order valence-electron chi connectivity index (χ0n) is 12.1. The minimum atomic E-state index is -3.49. The number of likely N-dealkylation sites (N-methyl/N-ethyl adjacent to an activating group) is 1. The van der Waals surface area contributed by atoms with Gasteiger partial charge in [-0.05, 0) is 39.2 Å². The summed E-state index contributed by atoms with van der Waals surface area (Å²) in [6.07, 6.45) is 0.633. The van der Waals surface area contributed by atoms with E-state index in [9.17, 15) is 8.42 Å². The monoisotopic (exact) mass is 310 g/mol. The third-order valence-corrected chi connectivity index (χ3v) is 4.52. The fourth-order valence-corrected chi connectivity index (χ4v) is 2.52. The minimum absolute atomic E-state index is 0.158. The predicted molar refractivity (Wildman–Crippen MR) is 78.2 cm³/mol. The molecule has 2 N–H and O–H groups in total. The molecular formula is C13H18N4O3S. The Morgan fingerprint density at radius 2 is 2.10 bits per heavy atom. The van der Waals surface area contributed by atoms with Crippen molar-refractivity contribution in [3.63, 3.8) is 0 Å². The number of hydrogen-bond acceptors (Lipinski definition) is 6.